The molecule has 66 valence electrons. The summed E-state index contributed by atoms with van der Waals surface area (Å²) in [6.45, 7) is 1.70. The molecule has 0 aliphatic carbocycles. The smallest absolute Gasteiger partial charge is 0.224 e. The van der Waals surface area contributed by atoms with E-state index in [0.717, 1.165) is 5.56 Å². The standard InChI is InChI=1S/C9H9N3O/c1-6(9(11)13)7-2-3-8(4-10)12-5-7/h2-3,5-6H,1H3,(H2,11,13). The number of amides is 1. The van der Waals surface area contributed by atoms with E-state index in [2.05, 4.69) is 4.98 Å². The van der Waals surface area contributed by atoms with Crippen LogP contribution in [0.25, 0.3) is 0 Å². The van der Waals surface area contributed by atoms with Crippen molar-refractivity contribution in [1.29, 1.82) is 5.26 Å². The molecular weight excluding hydrogens is 166 g/mol. The number of hydrogen-bond donors (Lipinski definition) is 1. The van der Waals surface area contributed by atoms with E-state index >= 15 is 0 Å². The summed E-state index contributed by atoms with van der Waals surface area (Å²) in [6, 6.07) is 5.14. The third kappa shape index (κ3) is 2.03. The predicted octanol–water partition coefficient (Wildman–Crippen LogP) is 0.542. The summed E-state index contributed by atoms with van der Waals surface area (Å²) in [5.74, 6) is -0.758. The van der Waals surface area contributed by atoms with Gasteiger partial charge in [0.15, 0.2) is 0 Å². The van der Waals surface area contributed by atoms with Gasteiger partial charge in [-0.15, -0.1) is 0 Å². The quantitative estimate of drug-likeness (QED) is 0.712. The van der Waals surface area contributed by atoms with Crippen LogP contribution in [0.4, 0.5) is 0 Å². The highest BCUT2D eigenvalue weighted by molar-refractivity contribution is 5.81. The zero-order chi connectivity index (χ0) is 9.84. The first kappa shape index (κ1) is 9.20. The first-order valence-corrected chi connectivity index (χ1v) is 3.80. The Labute approximate surface area is 76.0 Å². The van der Waals surface area contributed by atoms with E-state index in [1.165, 1.54) is 6.20 Å². The monoisotopic (exact) mass is 175 g/mol. The molecule has 0 bridgehead atoms. The summed E-state index contributed by atoms with van der Waals surface area (Å²) in [6.07, 6.45) is 1.49. The molecule has 1 rings (SSSR count). The molecule has 1 aromatic rings. The second kappa shape index (κ2) is 3.68. The molecule has 4 heteroatoms. The molecule has 0 spiro atoms. The van der Waals surface area contributed by atoms with E-state index in [1.807, 2.05) is 6.07 Å². The molecule has 2 N–H and O–H groups in total. The summed E-state index contributed by atoms with van der Waals surface area (Å²) < 4.78 is 0. The van der Waals surface area contributed by atoms with Crippen molar-refractivity contribution in [3.05, 3.63) is 29.6 Å². The second-order valence-corrected chi connectivity index (χ2v) is 2.71. The molecule has 1 aromatic heterocycles. The number of nitrogens with zero attached hydrogens (tertiary/aromatic N) is 2. The molecule has 4 nitrogen and oxygen atoms in total. The summed E-state index contributed by atoms with van der Waals surface area (Å²) in [5.41, 5.74) is 6.17. The topological polar surface area (TPSA) is 79.8 Å². The average Bonchev–Trinajstić information content (AvgIpc) is 2.17. The number of rotatable bonds is 2. The van der Waals surface area contributed by atoms with Crippen molar-refractivity contribution in [3.63, 3.8) is 0 Å². The Morgan fingerprint density at radius 2 is 2.38 bits per heavy atom. The van der Waals surface area contributed by atoms with E-state index in [0.29, 0.717) is 5.69 Å². The van der Waals surface area contributed by atoms with Gasteiger partial charge in [-0.05, 0) is 18.6 Å². The third-order valence-corrected chi connectivity index (χ3v) is 1.83. The Kier molecular flexibility index (Phi) is 2.60. The predicted molar refractivity (Wildman–Crippen MR) is 46.6 cm³/mol. The number of pyridine rings is 1. The van der Waals surface area contributed by atoms with E-state index in [1.54, 1.807) is 19.1 Å². The normalized spacial score (nSPS) is 11.7. The minimum Gasteiger partial charge on any atom is -0.369 e. The molecule has 0 saturated carbocycles. The van der Waals surface area contributed by atoms with E-state index in [4.69, 9.17) is 11.0 Å². The van der Waals surface area contributed by atoms with Crippen LogP contribution in [0.2, 0.25) is 0 Å². The van der Waals surface area contributed by atoms with Crippen molar-refractivity contribution < 1.29 is 4.79 Å². The van der Waals surface area contributed by atoms with Crippen molar-refractivity contribution in [1.82, 2.24) is 4.98 Å². The highest BCUT2D eigenvalue weighted by Gasteiger charge is 2.11. The van der Waals surface area contributed by atoms with Crippen LogP contribution in [-0.4, -0.2) is 10.9 Å². The maximum Gasteiger partial charge on any atom is 0.224 e. The van der Waals surface area contributed by atoms with Gasteiger partial charge >= 0.3 is 0 Å². The minimum absolute atomic E-state index is 0.334. The van der Waals surface area contributed by atoms with Gasteiger partial charge in [0.25, 0.3) is 0 Å². The number of primary amides is 1. The van der Waals surface area contributed by atoms with Crippen molar-refractivity contribution in [2.45, 2.75) is 12.8 Å². The minimum atomic E-state index is -0.397. The van der Waals surface area contributed by atoms with Crippen LogP contribution < -0.4 is 5.73 Å². The van der Waals surface area contributed by atoms with Gasteiger partial charge < -0.3 is 5.73 Å². The highest BCUT2D eigenvalue weighted by Crippen LogP contribution is 2.12. The lowest BCUT2D eigenvalue weighted by molar-refractivity contribution is -0.119. The Morgan fingerprint density at radius 3 is 2.77 bits per heavy atom. The Morgan fingerprint density at radius 1 is 1.69 bits per heavy atom. The number of carbonyl (C=O) groups is 1. The molecule has 1 atom stereocenters. The molecule has 0 fully saturated rings. The van der Waals surface area contributed by atoms with Crippen LogP contribution in [0.3, 0.4) is 0 Å². The lowest BCUT2D eigenvalue weighted by Gasteiger charge is -2.05. The largest absolute Gasteiger partial charge is 0.369 e. The summed E-state index contributed by atoms with van der Waals surface area (Å²) in [4.78, 5) is 14.6. The maximum absolute atomic E-state index is 10.8. The van der Waals surface area contributed by atoms with Gasteiger partial charge in [-0.2, -0.15) is 5.26 Å². The number of hydrogen-bond acceptors (Lipinski definition) is 3. The van der Waals surface area contributed by atoms with Crippen molar-refractivity contribution in [3.8, 4) is 6.07 Å². The first-order valence-electron chi connectivity index (χ1n) is 3.80. The second-order valence-electron chi connectivity index (χ2n) is 2.71. The number of nitrogens with two attached hydrogens (primary N) is 1. The molecule has 0 aromatic carbocycles. The van der Waals surface area contributed by atoms with Crippen LogP contribution in [0, 0.1) is 11.3 Å². The van der Waals surface area contributed by atoms with Gasteiger partial charge in [0.1, 0.15) is 11.8 Å². The fourth-order valence-electron chi connectivity index (χ4n) is 0.892. The molecule has 0 aliphatic heterocycles. The average molecular weight is 175 g/mol. The Bertz CT molecular complexity index is 350. The zero-order valence-electron chi connectivity index (χ0n) is 7.19. The van der Waals surface area contributed by atoms with Crippen molar-refractivity contribution in [2.75, 3.05) is 0 Å². The molecule has 0 aliphatic rings. The SMILES string of the molecule is CC(C(N)=O)c1ccc(C#N)nc1. The summed E-state index contributed by atoms with van der Waals surface area (Å²) in [7, 11) is 0. The highest BCUT2D eigenvalue weighted by atomic mass is 16.1. The molecule has 13 heavy (non-hydrogen) atoms. The van der Waals surface area contributed by atoms with E-state index < -0.39 is 5.91 Å². The van der Waals surface area contributed by atoms with Crippen LogP contribution >= 0.6 is 0 Å². The number of nitriles is 1. The third-order valence-electron chi connectivity index (χ3n) is 1.83. The summed E-state index contributed by atoms with van der Waals surface area (Å²) >= 11 is 0. The van der Waals surface area contributed by atoms with Crippen LogP contribution in [0.1, 0.15) is 24.1 Å². The molecule has 1 heterocycles. The van der Waals surface area contributed by atoms with Gasteiger partial charge in [-0.3, -0.25) is 4.79 Å². The van der Waals surface area contributed by atoms with Crippen molar-refractivity contribution in [2.24, 2.45) is 5.73 Å². The summed E-state index contributed by atoms with van der Waals surface area (Å²) in [5, 5.41) is 8.47. The van der Waals surface area contributed by atoms with E-state index in [9.17, 15) is 4.79 Å². The van der Waals surface area contributed by atoms with Crippen LogP contribution in [-0.2, 0) is 4.79 Å². The van der Waals surface area contributed by atoms with Crippen molar-refractivity contribution >= 4 is 5.91 Å². The fourth-order valence-corrected chi connectivity index (χ4v) is 0.892. The van der Waals surface area contributed by atoms with Crippen LogP contribution in [0.5, 0.6) is 0 Å². The van der Waals surface area contributed by atoms with E-state index in [-0.39, 0.29) is 5.92 Å². The first-order chi connectivity index (χ1) is 6.15. The van der Waals surface area contributed by atoms with Gasteiger partial charge in [0, 0.05) is 6.20 Å². The van der Waals surface area contributed by atoms with Gasteiger partial charge in [-0.1, -0.05) is 6.07 Å². The maximum atomic E-state index is 10.8. The zero-order valence-corrected chi connectivity index (χ0v) is 7.19. The molecule has 0 radical (unpaired) electrons. The lowest BCUT2D eigenvalue weighted by Crippen LogP contribution is -2.18. The van der Waals surface area contributed by atoms with Gasteiger partial charge in [0.2, 0.25) is 5.91 Å². The Balaban J connectivity index is 2.93. The molecule has 1 amide bonds. The van der Waals surface area contributed by atoms with Crippen LogP contribution in [0.15, 0.2) is 18.3 Å². The Hall–Kier alpha value is -1.89. The fraction of sp³-hybridized carbons (Fsp3) is 0.222. The number of carbonyl (C=O) groups excluding carboxylic acids is 1. The number of aromatic nitrogens is 1. The molecule has 1 unspecified atom stereocenters. The van der Waals surface area contributed by atoms with Gasteiger partial charge in [0.05, 0.1) is 5.92 Å². The van der Waals surface area contributed by atoms with Gasteiger partial charge in [-0.25, -0.2) is 4.98 Å². The lowest BCUT2D eigenvalue weighted by atomic mass is 10.0. The molecular formula is C9H9N3O. The molecule has 0 saturated heterocycles.